The Labute approximate surface area is 206 Å². The van der Waals surface area contributed by atoms with Crippen LogP contribution in [0.15, 0.2) is 0 Å². The number of aliphatic hydroxyl groups is 4. The number of carboxylic acid groups (broad SMARTS) is 1. The van der Waals surface area contributed by atoms with E-state index >= 15 is 0 Å². The molecule has 1 fully saturated rings. The molecule has 1 rings (SSSR count). The molecule has 1 aliphatic rings. The molecule has 0 saturated carbocycles. The number of aliphatic carboxylic acids is 1. The lowest BCUT2D eigenvalue weighted by atomic mass is 9.96. The molecule has 1 heterocycles. The lowest BCUT2D eigenvalue weighted by molar-refractivity contribution is -0.266. The Morgan fingerprint density at radius 3 is 2.17 bits per heavy atom. The summed E-state index contributed by atoms with van der Waals surface area (Å²) >= 11 is 0. The zero-order valence-electron chi connectivity index (χ0n) is 20.0. The highest BCUT2D eigenvalue weighted by atomic mass is 16.6. The van der Waals surface area contributed by atoms with E-state index in [1.165, 1.54) is 13.8 Å². The highest BCUT2D eigenvalue weighted by Crippen LogP contribution is 2.23. The van der Waals surface area contributed by atoms with Crippen LogP contribution in [0.1, 0.15) is 33.6 Å². The van der Waals surface area contributed by atoms with Gasteiger partial charge in [0, 0.05) is 13.3 Å². The number of ether oxygens (including phenoxy) is 2. The number of rotatable bonds is 13. The van der Waals surface area contributed by atoms with Gasteiger partial charge in [-0.2, -0.15) is 0 Å². The van der Waals surface area contributed by atoms with Crippen molar-refractivity contribution in [3.8, 4) is 0 Å². The number of nitrogens with one attached hydrogen (secondary N) is 3. The molecule has 206 valence electrons. The van der Waals surface area contributed by atoms with E-state index in [0.29, 0.717) is 0 Å². The molecule has 10 N–H and O–H groups in total. The van der Waals surface area contributed by atoms with E-state index in [0.717, 1.165) is 6.92 Å². The standard InChI is InChI=1S/C20H34N4O12/c1-7(26)13(19(33)23-10(17(21)31)4-5-12(28)29)24-18(32)8(2)35-16-14(22-9(3)27)20(34)36-11(6-25)15(16)30/h7-8,10-11,13-16,20,25-26,30,34H,4-6H2,1-3H3,(H2,21,31)(H,22,27)(H,23,33)(H,24,32)(H,28,29)/t7-,8-,10-,11-,13+,14-,15-,16+,20?/m1/s1. The van der Waals surface area contributed by atoms with E-state index in [1.54, 1.807) is 0 Å². The minimum absolute atomic E-state index is 0.322. The van der Waals surface area contributed by atoms with Crippen LogP contribution >= 0.6 is 0 Å². The number of carbonyl (C=O) groups is 5. The number of nitrogens with two attached hydrogens (primary N) is 1. The Bertz CT molecular complexity index is 810. The van der Waals surface area contributed by atoms with E-state index in [-0.39, 0.29) is 6.42 Å². The first-order chi connectivity index (χ1) is 16.7. The quantitative estimate of drug-likeness (QED) is 0.110. The predicted octanol–water partition coefficient (Wildman–Crippen LogP) is -4.96. The van der Waals surface area contributed by atoms with Crippen LogP contribution in [0.5, 0.6) is 0 Å². The molecule has 36 heavy (non-hydrogen) atoms. The van der Waals surface area contributed by atoms with Crippen molar-refractivity contribution in [2.45, 2.75) is 88.5 Å². The second-order valence-corrected chi connectivity index (χ2v) is 8.33. The molecule has 0 radical (unpaired) electrons. The maximum absolute atomic E-state index is 12.7. The minimum atomic E-state index is -1.69. The fourth-order valence-electron chi connectivity index (χ4n) is 3.42. The molecule has 0 spiro atoms. The summed E-state index contributed by atoms with van der Waals surface area (Å²) in [7, 11) is 0. The number of carbonyl (C=O) groups excluding carboxylic acids is 4. The molecule has 1 unspecified atom stereocenters. The fraction of sp³-hybridized carbons (Fsp3) is 0.750. The van der Waals surface area contributed by atoms with Crippen LogP contribution < -0.4 is 21.7 Å². The van der Waals surface area contributed by atoms with Gasteiger partial charge in [-0.1, -0.05) is 0 Å². The van der Waals surface area contributed by atoms with Gasteiger partial charge >= 0.3 is 5.97 Å². The number of aliphatic hydroxyl groups excluding tert-OH is 4. The van der Waals surface area contributed by atoms with Crippen LogP contribution in [0.4, 0.5) is 0 Å². The second kappa shape index (κ2) is 14.0. The Kier molecular flexibility index (Phi) is 12.1. The second-order valence-electron chi connectivity index (χ2n) is 8.33. The van der Waals surface area contributed by atoms with Gasteiger partial charge in [0.15, 0.2) is 6.29 Å². The first-order valence-corrected chi connectivity index (χ1v) is 11.0. The smallest absolute Gasteiger partial charge is 0.303 e. The van der Waals surface area contributed by atoms with E-state index in [2.05, 4.69) is 16.0 Å². The third-order valence-corrected chi connectivity index (χ3v) is 5.34. The first-order valence-electron chi connectivity index (χ1n) is 11.0. The molecule has 0 aliphatic carbocycles. The van der Waals surface area contributed by atoms with Crippen molar-refractivity contribution in [2.24, 2.45) is 5.73 Å². The van der Waals surface area contributed by atoms with Crippen molar-refractivity contribution in [1.82, 2.24) is 16.0 Å². The maximum atomic E-state index is 12.7. The molecule has 16 heteroatoms. The lowest BCUT2D eigenvalue weighted by Crippen LogP contribution is -2.66. The Hall–Kier alpha value is -2.89. The van der Waals surface area contributed by atoms with E-state index < -0.39 is 97.6 Å². The summed E-state index contributed by atoms with van der Waals surface area (Å²) in [4.78, 5) is 59.1. The number of amides is 4. The van der Waals surface area contributed by atoms with Gasteiger partial charge in [-0.3, -0.25) is 24.0 Å². The van der Waals surface area contributed by atoms with Crippen LogP contribution in [-0.2, 0) is 33.4 Å². The average molecular weight is 523 g/mol. The monoisotopic (exact) mass is 522 g/mol. The normalized spacial score (nSPS) is 27.1. The van der Waals surface area contributed by atoms with Crippen molar-refractivity contribution >= 4 is 29.6 Å². The maximum Gasteiger partial charge on any atom is 0.303 e. The van der Waals surface area contributed by atoms with Crippen LogP contribution in [0.2, 0.25) is 0 Å². The zero-order valence-corrected chi connectivity index (χ0v) is 20.0. The third kappa shape index (κ3) is 8.96. The van der Waals surface area contributed by atoms with E-state index in [4.69, 9.17) is 20.3 Å². The van der Waals surface area contributed by atoms with Crippen molar-refractivity contribution < 1.29 is 59.0 Å². The summed E-state index contributed by atoms with van der Waals surface area (Å²) in [5.41, 5.74) is 5.18. The number of hydrogen-bond donors (Lipinski definition) is 9. The van der Waals surface area contributed by atoms with E-state index in [1.807, 2.05) is 0 Å². The third-order valence-electron chi connectivity index (χ3n) is 5.34. The molecule has 0 bridgehead atoms. The molecule has 1 aliphatic heterocycles. The van der Waals surface area contributed by atoms with Crippen LogP contribution in [0.3, 0.4) is 0 Å². The van der Waals surface area contributed by atoms with Gasteiger partial charge in [-0.25, -0.2) is 0 Å². The molecule has 9 atom stereocenters. The molecule has 0 aromatic rings. The summed E-state index contributed by atoms with van der Waals surface area (Å²) in [5.74, 6) is -4.86. The minimum Gasteiger partial charge on any atom is -0.481 e. The number of carboxylic acids is 1. The summed E-state index contributed by atoms with van der Waals surface area (Å²) in [6.45, 7) is 2.81. The average Bonchev–Trinajstić information content (AvgIpc) is 2.77. The highest BCUT2D eigenvalue weighted by molar-refractivity contribution is 5.93. The summed E-state index contributed by atoms with van der Waals surface area (Å²) < 4.78 is 10.6. The summed E-state index contributed by atoms with van der Waals surface area (Å²) in [5, 5.41) is 55.5. The predicted molar refractivity (Wildman–Crippen MR) is 118 cm³/mol. The summed E-state index contributed by atoms with van der Waals surface area (Å²) in [6, 6.07) is -4.32. The van der Waals surface area contributed by atoms with Crippen LogP contribution in [-0.4, -0.2) is 117 Å². The summed E-state index contributed by atoms with van der Waals surface area (Å²) in [6.07, 6.45) is -9.70. The topological polar surface area (TPSA) is 267 Å². The number of hydrogen-bond acceptors (Lipinski definition) is 11. The SMILES string of the molecule is CC(=O)N[C@H]1C(O)O[C@H](CO)[C@@H](O)[C@H]1O[C@H](C)C(=O)N[C@H](C(=O)N[C@H](CCC(=O)O)C(N)=O)[C@@H](C)O. The molecule has 16 nitrogen and oxygen atoms in total. The van der Waals surface area contributed by atoms with Gasteiger partial charge in [0.25, 0.3) is 0 Å². The van der Waals surface area contributed by atoms with Crippen molar-refractivity contribution in [3.05, 3.63) is 0 Å². The Morgan fingerprint density at radius 1 is 1.08 bits per heavy atom. The molecule has 0 aromatic heterocycles. The Morgan fingerprint density at radius 2 is 1.69 bits per heavy atom. The molecular weight excluding hydrogens is 488 g/mol. The Balaban J connectivity index is 2.96. The van der Waals surface area contributed by atoms with E-state index in [9.17, 15) is 44.4 Å². The highest BCUT2D eigenvalue weighted by Gasteiger charge is 2.47. The van der Waals surface area contributed by atoms with Gasteiger partial charge in [0.2, 0.25) is 23.6 Å². The lowest BCUT2D eigenvalue weighted by Gasteiger charge is -2.43. The van der Waals surface area contributed by atoms with Gasteiger partial charge < -0.3 is 56.7 Å². The molecular formula is C20H34N4O12. The van der Waals surface area contributed by atoms with Crippen molar-refractivity contribution in [3.63, 3.8) is 0 Å². The van der Waals surface area contributed by atoms with Gasteiger partial charge in [0.05, 0.1) is 12.7 Å². The first kappa shape index (κ1) is 31.1. The molecule has 4 amide bonds. The largest absolute Gasteiger partial charge is 0.481 e. The molecule has 1 saturated heterocycles. The van der Waals surface area contributed by atoms with Crippen LogP contribution in [0, 0.1) is 0 Å². The number of primary amides is 1. The van der Waals surface area contributed by atoms with Crippen LogP contribution in [0.25, 0.3) is 0 Å². The van der Waals surface area contributed by atoms with Crippen molar-refractivity contribution in [2.75, 3.05) is 6.61 Å². The molecule has 0 aromatic carbocycles. The zero-order chi connectivity index (χ0) is 27.7. The van der Waals surface area contributed by atoms with Gasteiger partial charge in [-0.05, 0) is 20.3 Å². The van der Waals surface area contributed by atoms with Gasteiger partial charge in [-0.15, -0.1) is 0 Å². The fourth-order valence-corrected chi connectivity index (χ4v) is 3.42. The van der Waals surface area contributed by atoms with Gasteiger partial charge in [0.1, 0.15) is 42.5 Å². The van der Waals surface area contributed by atoms with Crippen molar-refractivity contribution in [1.29, 1.82) is 0 Å².